The molecule has 0 radical (unpaired) electrons. The zero-order valence-electron chi connectivity index (χ0n) is 11.6. The quantitative estimate of drug-likeness (QED) is 0.862. The molecule has 0 saturated carbocycles. The van der Waals surface area contributed by atoms with E-state index < -0.39 is 0 Å². The van der Waals surface area contributed by atoms with Gasteiger partial charge in [-0.2, -0.15) is 5.10 Å². The third-order valence-corrected chi connectivity index (χ3v) is 3.10. The molecule has 0 saturated heterocycles. The van der Waals surface area contributed by atoms with Crippen LogP contribution in [0.4, 0.5) is 0 Å². The first-order valence-electron chi connectivity index (χ1n) is 6.47. The summed E-state index contributed by atoms with van der Waals surface area (Å²) >= 11 is 0. The molecular weight excluding hydrogens is 240 g/mol. The maximum atomic E-state index is 5.41. The fourth-order valence-corrected chi connectivity index (χ4v) is 2.13. The largest absolute Gasteiger partial charge is 0.495 e. The maximum Gasteiger partial charge on any atom is 0.142 e. The fraction of sp³-hybridized carbons (Fsp3) is 0.429. The molecule has 5 heteroatoms. The Morgan fingerprint density at radius 1 is 1.37 bits per heavy atom. The number of nitrogens with one attached hydrogen (secondary N) is 1. The third kappa shape index (κ3) is 2.93. The van der Waals surface area contributed by atoms with Crippen LogP contribution in [0.15, 0.2) is 30.7 Å². The van der Waals surface area contributed by atoms with Crippen LogP contribution in [0.2, 0.25) is 0 Å². The van der Waals surface area contributed by atoms with E-state index in [1.807, 2.05) is 30.1 Å². The predicted molar refractivity (Wildman–Crippen MR) is 74.1 cm³/mol. The highest BCUT2D eigenvalue weighted by molar-refractivity contribution is 5.37. The van der Waals surface area contributed by atoms with Gasteiger partial charge in [-0.3, -0.25) is 9.67 Å². The van der Waals surface area contributed by atoms with Gasteiger partial charge in [0.25, 0.3) is 0 Å². The van der Waals surface area contributed by atoms with Crippen LogP contribution in [0.5, 0.6) is 5.75 Å². The zero-order valence-corrected chi connectivity index (χ0v) is 11.6. The summed E-state index contributed by atoms with van der Waals surface area (Å²) in [6.07, 6.45) is 6.41. The number of aryl methyl sites for hydroxylation is 1. The minimum atomic E-state index is 0.0606. The number of hydrogen-bond donors (Lipinski definition) is 1. The molecule has 2 aromatic rings. The van der Waals surface area contributed by atoms with Gasteiger partial charge in [0, 0.05) is 25.0 Å². The van der Waals surface area contributed by atoms with Crippen molar-refractivity contribution in [1.82, 2.24) is 20.1 Å². The van der Waals surface area contributed by atoms with E-state index in [0.29, 0.717) is 0 Å². The van der Waals surface area contributed by atoms with E-state index in [1.54, 1.807) is 19.5 Å². The molecule has 0 aliphatic carbocycles. The molecule has 2 heterocycles. The molecule has 0 aliphatic rings. The van der Waals surface area contributed by atoms with Crippen LogP contribution in [0.25, 0.3) is 0 Å². The van der Waals surface area contributed by atoms with Crippen molar-refractivity contribution in [2.75, 3.05) is 13.7 Å². The number of rotatable bonds is 6. The summed E-state index contributed by atoms with van der Waals surface area (Å²) in [5.74, 6) is 0.789. The average molecular weight is 260 g/mol. The van der Waals surface area contributed by atoms with Gasteiger partial charge in [-0.05, 0) is 25.1 Å². The van der Waals surface area contributed by atoms with Crippen LogP contribution in [-0.4, -0.2) is 28.4 Å². The molecule has 0 fully saturated rings. The second-order valence-electron chi connectivity index (χ2n) is 4.38. The fourth-order valence-electron chi connectivity index (χ4n) is 2.13. The lowest BCUT2D eigenvalue weighted by atomic mass is 10.0. The first kappa shape index (κ1) is 13.5. The summed E-state index contributed by atoms with van der Waals surface area (Å²) < 4.78 is 7.29. The molecule has 0 spiro atoms. The summed E-state index contributed by atoms with van der Waals surface area (Å²) in [7, 11) is 3.62. The molecule has 19 heavy (non-hydrogen) atoms. The lowest BCUT2D eigenvalue weighted by Gasteiger charge is -2.21. The van der Waals surface area contributed by atoms with Crippen LogP contribution in [-0.2, 0) is 7.05 Å². The van der Waals surface area contributed by atoms with E-state index in [1.165, 1.54) is 0 Å². The van der Waals surface area contributed by atoms with Crippen LogP contribution in [0, 0.1) is 0 Å². The second-order valence-corrected chi connectivity index (χ2v) is 4.38. The Morgan fingerprint density at radius 3 is 2.84 bits per heavy atom. The summed E-state index contributed by atoms with van der Waals surface area (Å²) in [6.45, 7) is 3.08. The van der Waals surface area contributed by atoms with Crippen molar-refractivity contribution < 1.29 is 4.74 Å². The summed E-state index contributed by atoms with van der Waals surface area (Å²) in [4.78, 5) is 4.11. The topological polar surface area (TPSA) is 52.0 Å². The number of aromatic nitrogens is 3. The highest BCUT2D eigenvalue weighted by Crippen LogP contribution is 2.28. The lowest BCUT2D eigenvalue weighted by molar-refractivity contribution is 0.400. The molecule has 5 nitrogen and oxygen atoms in total. The first-order chi connectivity index (χ1) is 9.27. The number of hydrogen-bond acceptors (Lipinski definition) is 4. The number of pyridine rings is 1. The minimum absolute atomic E-state index is 0.0606. The third-order valence-electron chi connectivity index (χ3n) is 3.10. The summed E-state index contributed by atoms with van der Waals surface area (Å²) in [5.41, 5.74) is 2.19. The van der Waals surface area contributed by atoms with Gasteiger partial charge in [0.1, 0.15) is 5.75 Å². The van der Waals surface area contributed by atoms with Gasteiger partial charge in [-0.25, -0.2) is 0 Å². The predicted octanol–water partition coefficient (Wildman–Crippen LogP) is 1.91. The number of methoxy groups -OCH3 is 1. The Morgan fingerprint density at radius 2 is 2.21 bits per heavy atom. The normalized spacial score (nSPS) is 12.4. The molecule has 2 rings (SSSR count). The van der Waals surface area contributed by atoms with Crippen molar-refractivity contribution in [1.29, 1.82) is 0 Å². The van der Waals surface area contributed by atoms with Gasteiger partial charge in [-0.1, -0.05) is 6.92 Å². The molecule has 102 valence electrons. The molecule has 2 aromatic heterocycles. The van der Waals surface area contributed by atoms with E-state index in [4.69, 9.17) is 4.74 Å². The van der Waals surface area contributed by atoms with Crippen molar-refractivity contribution in [3.63, 3.8) is 0 Å². The van der Waals surface area contributed by atoms with Gasteiger partial charge >= 0.3 is 0 Å². The first-order valence-corrected chi connectivity index (χ1v) is 6.47. The summed E-state index contributed by atoms with van der Waals surface area (Å²) in [6, 6.07) is 4.07. The Hall–Kier alpha value is -1.88. The average Bonchev–Trinajstić information content (AvgIpc) is 2.86. The van der Waals surface area contributed by atoms with Crippen LogP contribution in [0.1, 0.15) is 30.6 Å². The monoisotopic (exact) mass is 260 g/mol. The molecule has 0 aliphatic heterocycles. The number of nitrogens with zero attached hydrogens (tertiary/aromatic N) is 3. The van der Waals surface area contributed by atoms with Gasteiger partial charge in [0.15, 0.2) is 0 Å². The maximum absolute atomic E-state index is 5.41. The van der Waals surface area contributed by atoms with E-state index in [0.717, 1.165) is 30.0 Å². The minimum Gasteiger partial charge on any atom is -0.495 e. The SMILES string of the molecule is CCCNC(c1ccncc1OC)c1ccnn1C. The molecule has 1 atom stereocenters. The summed E-state index contributed by atoms with van der Waals surface area (Å²) in [5, 5.41) is 7.78. The van der Waals surface area contributed by atoms with E-state index in [-0.39, 0.29) is 6.04 Å². The number of ether oxygens (including phenoxy) is 1. The Balaban J connectivity index is 2.40. The smallest absolute Gasteiger partial charge is 0.142 e. The van der Waals surface area contributed by atoms with Crippen molar-refractivity contribution in [2.24, 2.45) is 7.05 Å². The molecule has 1 N–H and O–H groups in total. The van der Waals surface area contributed by atoms with Crippen LogP contribution in [0.3, 0.4) is 0 Å². The van der Waals surface area contributed by atoms with Crippen molar-refractivity contribution in [2.45, 2.75) is 19.4 Å². The molecule has 0 bridgehead atoms. The zero-order chi connectivity index (χ0) is 13.7. The van der Waals surface area contributed by atoms with Crippen molar-refractivity contribution in [3.8, 4) is 5.75 Å². The van der Waals surface area contributed by atoms with E-state index in [2.05, 4.69) is 22.3 Å². The highest BCUT2D eigenvalue weighted by atomic mass is 16.5. The van der Waals surface area contributed by atoms with Gasteiger partial charge in [0.05, 0.1) is 25.0 Å². The second kappa shape index (κ2) is 6.33. The highest BCUT2D eigenvalue weighted by Gasteiger charge is 2.20. The molecular formula is C14H20N4O. The molecule has 1 unspecified atom stereocenters. The van der Waals surface area contributed by atoms with Crippen molar-refractivity contribution >= 4 is 0 Å². The van der Waals surface area contributed by atoms with Gasteiger partial charge in [-0.15, -0.1) is 0 Å². The van der Waals surface area contributed by atoms with Crippen molar-refractivity contribution in [3.05, 3.63) is 42.0 Å². The standard InChI is InChI=1S/C14H20N4O/c1-4-7-16-14(12-6-9-17-18(12)2)11-5-8-15-10-13(11)19-3/h5-6,8-10,14,16H,4,7H2,1-3H3. The van der Waals surface area contributed by atoms with E-state index in [9.17, 15) is 0 Å². The van der Waals surface area contributed by atoms with Crippen LogP contribution < -0.4 is 10.1 Å². The molecule has 0 aromatic carbocycles. The van der Waals surface area contributed by atoms with Gasteiger partial charge < -0.3 is 10.1 Å². The van der Waals surface area contributed by atoms with Gasteiger partial charge in [0.2, 0.25) is 0 Å². The Labute approximate surface area is 113 Å². The van der Waals surface area contributed by atoms with E-state index >= 15 is 0 Å². The Bertz CT molecular complexity index is 524. The van der Waals surface area contributed by atoms with Crippen LogP contribution >= 0.6 is 0 Å². The Kier molecular flexibility index (Phi) is 4.52. The lowest BCUT2D eigenvalue weighted by Crippen LogP contribution is -2.25. The molecule has 0 amide bonds.